The van der Waals surface area contributed by atoms with E-state index in [-0.39, 0.29) is 0 Å². The number of hydrogen-bond acceptors (Lipinski definition) is 4. The molecule has 0 aliphatic rings. The standard InChI is InChI=1S/C65H39N7/c1-67-51-31-25-44(26-32-51)50-28-34-55-54-33-27-49(43-23-21-42(41-66)22-24-43)39-61(54)72(62(55)40-50)60-36-30-48(47-29-35-59-56(37-47)53-19-11-12-20-58(53)71(59)52-17-9-4-10-18-52)38-57(60)65-69-63(45-13-5-2-6-14-45)68-64(70-65)46-15-7-3-8-16-46/h2-40H. The Morgan fingerprint density at radius 1 is 0.361 bits per heavy atom. The number of para-hydroxylation sites is 2. The van der Waals surface area contributed by atoms with Crippen molar-refractivity contribution in [1.29, 1.82) is 5.26 Å². The van der Waals surface area contributed by atoms with Gasteiger partial charge in [0.2, 0.25) is 0 Å². The highest BCUT2D eigenvalue weighted by molar-refractivity contribution is 6.13. The van der Waals surface area contributed by atoms with E-state index in [4.69, 9.17) is 21.5 Å². The minimum absolute atomic E-state index is 0.533. The molecule has 13 aromatic rings. The Morgan fingerprint density at radius 3 is 1.44 bits per heavy atom. The van der Waals surface area contributed by atoms with Gasteiger partial charge in [0.05, 0.1) is 46.0 Å². The van der Waals surface area contributed by atoms with E-state index in [9.17, 15) is 5.26 Å². The predicted molar refractivity (Wildman–Crippen MR) is 292 cm³/mol. The molecule has 0 N–H and O–H groups in total. The van der Waals surface area contributed by atoms with Crippen molar-refractivity contribution in [3.63, 3.8) is 0 Å². The van der Waals surface area contributed by atoms with Crippen LogP contribution in [0.1, 0.15) is 5.56 Å². The van der Waals surface area contributed by atoms with Crippen LogP contribution in [-0.2, 0) is 0 Å². The Labute approximate surface area is 415 Å². The minimum Gasteiger partial charge on any atom is -0.309 e. The quantitative estimate of drug-likeness (QED) is 0.142. The van der Waals surface area contributed by atoms with E-state index in [1.165, 1.54) is 5.39 Å². The minimum atomic E-state index is 0.533. The fourth-order valence-corrected chi connectivity index (χ4v) is 10.1. The molecule has 0 spiro atoms. The monoisotopic (exact) mass is 917 g/mol. The van der Waals surface area contributed by atoms with Crippen LogP contribution >= 0.6 is 0 Å². The zero-order chi connectivity index (χ0) is 48.1. The van der Waals surface area contributed by atoms with Crippen molar-refractivity contribution in [2.75, 3.05) is 0 Å². The van der Waals surface area contributed by atoms with Crippen LogP contribution in [-0.4, -0.2) is 24.1 Å². The molecule has 72 heavy (non-hydrogen) atoms. The molecule has 0 radical (unpaired) electrons. The summed E-state index contributed by atoms with van der Waals surface area (Å²) < 4.78 is 4.69. The first-order valence-electron chi connectivity index (χ1n) is 23.8. The summed E-state index contributed by atoms with van der Waals surface area (Å²) in [4.78, 5) is 19.5. The van der Waals surface area contributed by atoms with Crippen LogP contribution in [0.5, 0.6) is 0 Å². The smallest absolute Gasteiger partial charge is 0.187 e. The highest BCUT2D eigenvalue weighted by atomic mass is 15.1. The van der Waals surface area contributed by atoms with E-state index in [0.29, 0.717) is 28.7 Å². The third kappa shape index (κ3) is 7.25. The highest BCUT2D eigenvalue weighted by Gasteiger charge is 2.22. The highest BCUT2D eigenvalue weighted by Crippen LogP contribution is 2.42. The molecule has 10 aromatic carbocycles. The molecule has 0 unspecified atom stereocenters. The van der Waals surface area contributed by atoms with E-state index in [1.54, 1.807) is 0 Å². The largest absolute Gasteiger partial charge is 0.309 e. The molecule has 13 rings (SSSR count). The Kier molecular flexibility index (Phi) is 10.1. The summed E-state index contributed by atoms with van der Waals surface area (Å²) in [7, 11) is 0. The van der Waals surface area contributed by atoms with Gasteiger partial charge < -0.3 is 9.13 Å². The average molecular weight is 918 g/mol. The maximum atomic E-state index is 9.64. The summed E-state index contributed by atoms with van der Waals surface area (Å²) in [6.07, 6.45) is 0. The summed E-state index contributed by atoms with van der Waals surface area (Å²) in [6.45, 7) is 7.59. The van der Waals surface area contributed by atoms with Gasteiger partial charge in [0, 0.05) is 43.9 Å². The third-order valence-corrected chi connectivity index (χ3v) is 13.6. The van der Waals surface area contributed by atoms with E-state index in [1.807, 2.05) is 109 Å². The van der Waals surface area contributed by atoms with E-state index < -0.39 is 0 Å². The van der Waals surface area contributed by atoms with Crippen LogP contribution in [0.15, 0.2) is 237 Å². The lowest BCUT2D eigenvalue weighted by Gasteiger charge is -2.17. The van der Waals surface area contributed by atoms with Gasteiger partial charge in [-0.3, -0.25) is 0 Å². The van der Waals surface area contributed by atoms with Crippen LogP contribution < -0.4 is 0 Å². The van der Waals surface area contributed by atoms with Crippen LogP contribution in [0, 0.1) is 17.9 Å². The molecule has 3 aromatic heterocycles. The molecule has 7 heteroatoms. The Morgan fingerprint density at radius 2 is 0.833 bits per heavy atom. The van der Waals surface area contributed by atoms with Gasteiger partial charge in [-0.2, -0.15) is 5.26 Å². The van der Waals surface area contributed by atoms with Crippen molar-refractivity contribution in [2.24, 2.45) is 0 Å². The molecule has 0 bridgehead atoms. The lowest BCUT2D eigenvalue weighted by atomic mass is 9.99. The van der Waals surface area contributed by atoms with Crippen molar-refractivity contribution < 1.29 is 0 Å². The summed E-state index contributed by atoms with van der Waals surface area (Å²) in [5.41, 5.74) is 16.2. The fourth-order valence-electron chi connectivity index (χ4n) is 10.1. The van der Waals surface area contributed by atoms with Gasteiger partial charge in [0.25, 0.3) is 0 Å². The first-order valence-corrected chi connectivity index (χ1v) is 23.8. The molecule has 334 valence electrons. The third-order valence-electron chi connectivity index (χ3n) is 13.6. The van der Waals surface area contributed by atoms with Gasteiger partial charge in [0.1, 0.15) is 0 Å². The number of fused-ring (bicyclic) bond motifs is 6. The Balaban J connectivity index is 1.10. The van der Waals surface area contributed by atoms with E-state index in [0.717, 1.165) is 99.7 Å². The van der Waals surface area contributed by atoms with Crippen LogP contribution in [0.4, 0.5) is 5.69 Å². The zero-order valence-electron chi connectivity index (χ0n) is 38.6. The molecular formula is C65H39N7. The molecule has 0 fully saturated rings. The van der Waals surface area contributed by atoms with Gasteiger partial charge in [-0.15, -0.1) is 0 Å². The lowest BCUT2D eigenvalue weighted by molar-refractivity contribution is 1.06. The first kappa shape index (κ1) is 41.9. The molecule has 3 heterocycles. The van der Waals surface area contributed by atoms with Crippen LogP contribution in [0.2, 0.25) is 0 Å². The number of rotatable bonds is 8. The van der Waals surface area contributed by atoms with Crippen molar-refractivity contribution in [1.82, 2.24) is 24.1 Å². The van der Waals surface area contributed by atoms with Crippen molar-refractivity contribution >= 4 is 49.3 Å². The molecule has 0 atom stereocenters. The zero-order valence-corrected chi connectivity index (χ0v) is 38.6. The molecular weight excluding hydrogens is 879 g/mol. The molecule has 0 saturated carbocycles. The SMILES string of the molecule is [C-]#[N+]c1ccc(-c2ccc3c4ccc(-c5ccc(C#N)cc5)cc4n(-c4ccc(-c5ccc6c(c5)c5ccccc5n6-c5ccccc5)cc4-c4nc(-c5ccccc5)nc(-c5ccccc5)n4)c3c2)cc1. The van der Waals surface area contributed by atoms with Crippen LogP contribution in [0.3, 0.4) is 0 Å². The van der Waals surface area contributed by atoms with E-state index in [2.05, 4.69) is 147 Å². The van der Waals surface area contributed by atoms with Gasteiger partial charge in [0.15, 0.2) is 23.2 Å². The number of hydrogen-bond donors (Lipinski definition) is 0. The van der Waals surface area contributed by atoms with Crippen molar-refractivity contribution in [3.8, 4) is 85.0 Å². The number of nitriles is 1. The predicted octanol–water partition coefficient (Wildman–Crippen LogP) is 16.5. The normalized spacial score (nSPS) is 11.3. The number of nitrogens with zero attached hydrogens (tertiary/aromatic N) is 7. The fraction of sp³-hybridized carbons (Fsp3) is 0. The summed E-state index contributed by atoms with van der Waals surface area (Å²) in [5, 5.41) is 14.1. The Hall–Kier alpha value is -10.2. The first-order chi connectivity index (χ1) is 35.6. The molecule has 0 aliphatic carbocycles. The average Bonchev–Trinajstić information content (AvgIpc) is 3.97. The van der Waals surface area contributed by atoms with Crippen molar-refractivity contribution in [2.45, 2.75) is 0 Å². The summed E-state index contributed by atoms with van der Waals surface area (Å²) in [5.74, 6) is 1.67. The van der Waals surface area contributed by atoms with Crippen molar-refractivity contribution in [3.05, 3.63) is 254 Å². The number of aromatic nitrogens is 5. The van der Waals surface area contributed by atoms with Gasteiger partial charge in [-0.25, -0.2) is 19.8 Å². The second-order valence-corrected chi connectivity index (χ2v) is 17.8. The van der Waals surface area contributed by atoms with Crippen LogP contribution in [0.25, 0.3) is 127 Å². The second kappa shape index (κ2) is 17.4. The Bertz CT molecular complexity index is 4140. The van der Waals surface area contributed by atoms with Gasteiger partial charge >= 0.3 is 0 Å². The van der Waals surface area contributed by atoms with E-state index >= 15 is 0 Å². The summed E-state index contributed by atoms with van der Waals surface area (Å²) in [6, 6.07) is 83.7. The van der Waals surface area contributed by atoms with Gasteiger partial charge in [-0.05, 0) is 100 Å². The lowest BCUT2D eigenvalue weighted by Crippen LogP contribution is -2.04. The maximum absolute atomic E-state index is 9.64. The molecule has 0 amide bonds. The molecule has 0 aliphatic heterocycles. The second-order valence-electron chi connectivity index (χ2n) is 17.8. The number of benzene rings is 10. The summed E-state index contributed by atoms with van der Waals surface area (Å²) >= 11 is 0. The van der Waals surface area contributed by atoms with Gasteiger partial charge in [-0.1, -0.05) is 170 Å². The topological polar surface area (TPSA) is 76.7 Å². The molecule has 7 nitrogen and oxygen atoms in total. The molecule has 0 saturated heterocycles. The maximum Gasteiger partial charge on any atom is 0.187 e.